The highest BCUT2D eigenvalue weighted by Crippen LogP contribution is 2.11. The van der Waals surface area contributed by atoms with Crippen molar-refractivity contribution in [3.05, 3.63) is 71.3 Å². The van der Waals surface area contributed by atoms with Gasteiger partial charge in [-0.2, -0.15) is 0 Å². The van der Waals surface area contributed by atoms with Gasteiger partial charge in [-0.25, -0.2) is 9.59 Å². The second kappa shape index (κ2) is 11.0. The molecule has 0 unspecified atom stereocenters. The van der Waals surface area contributed by atoms with Gasteiger partial charge in [-0.15, -0.1) is 0 Å². The van der Waals surface area contributed by atoms with E-state index in [0.717, 1.165) is 16.7 Å². The van der Waals surface area contributed by atoms with Crippen LogP contribution in [-0.4, -0.2) is 35.2 Å². The molecule has 0 aliphatic rings. The number of aliphatic carboxylic acids is 1. The van der Waals surface area contributed by atoms with Gasteiger partial charge in [0.25, 0.3) is 0 Å². The predicted molar refractivity (Wildman–Crippen MR) is 113 cm³/mol. The number of alkyl carbamates (subject to hydrolysis) is 1. The highest BCUT2D eigenvalue weighted by molar-refractivity contribution is 5.89. The quantitative estimate of drug-likeness (QED) is 0.587. The average Bonchev–Trinajstić information content (AvgIpc) is 2.71. The van der Waals surface area contributed by atoms with Crippen LogP contribution in [0, 0.1) is 12.8 Å². The number of benzene rings is 2. The van der Waals surface area contributed by atoms with E-state index < -0.39 is 30.1 Å². The minimum atomic E-state index is -1.14. The van der Waals surface area contributed by atoms with Gasteiger partial charge in [0, 0.05) is 6.42 Å². The van der Waals surface area contributed by atoms with E-state index in [4.69, 9.17) is 4.74 Å². The molecule has 0 saturated heterocycles. The van der Waals surface area contributed by atoms with E-state index in [1.807, 2.05) is 61.5 Å². The summed E-state index contributed by atoms with van der Waals surface area (Å²) in [5.74, 6) is -1.97. The first-order valence-electron chi connectivity index (χ1n) is 9.82. The molecule has 160 valence electrons. The predicted octanol–water partition coefficient (Wildman–Crippen LogP) is 3.06. The van der Waals surface area contributed by atoms with Crippen molar-refractivity contribution in [2.75, 3.05) is 0 Å². The Bertz CT molecular complexity index is 867. The van der Waals surface area contributed by atoms with E-state index in [1.165, 1.54) is 0 Å². The van der Waals surface area contributed by atoms with Crippen LogP contribution >= 0.6 is 0 Å². The van der Waals surface area contributed by atoms with E-state index >= 15 is 0 Å². The molecule has 0 aromatic heterocycles. The van der Waals surface area contributed by atoms with E-state index in [2.05, 4.69) is 10.6 Å². The first-order chi connectivity index (χ1) is 14.3. The summed E-state index contributed by atoms with van der Waals surface area (Å²) in [5, 5.41) is 14.6. The van der Waals surface area contributed by atoms with Crippen molar-refractivity contribution in [2.24, 2.45) is 5.92 Å². The average molecular weight is 412 g/mol. The fourth-order valence-electron chi connectivity index (χ4n) is 2.95. The van der Waals surface area contributed by atoms with Crippen molar-refractivity contribution in [1.82, 2.24) is 10.6 Å². The minimum Gasteiger partial charge on any atom is -0.480 e. The van der Waals surface area contributed by atoms with Crippen LogP contribution < -0.4 is 10.6 Å². The zero-order valence-electron chi connectivity index (χ0n) is 17.4. The lowest BCUT2D eigenvalue weighted by atomic mass is 9.99. The first kappa shape index (κ1) is 22.9. The largest absolute Gasteiger partial charge is 0.480 e. The van der Waals surface area contributed by atoms with Crippen LogP contribution in [0.5, 0.6) is 0 Å². The molecule has 2 amide bonds. The molecule has 2 aromatic rings. The number of carbonyl (C=O) groups is 3. The van der Waals surface area contributed by atoms with Crippen molar-refractivity contribution in [3.63, 3.8) is 0 Å². The summed E-state index contributed by atoms with van der Waals surface area (Å²) in [6.07, 6.45) is -0.588. The number of nitrogens with one attached hydrogen (secondary N) is 2. The van der Waals surface area contributed by atoms with Crippen molar-refractivity contribution < 1.29 is 24.2 Å². The molecule has 0 saturated carbocycles. The normalized spacial score (nSPS) is 12.7. The fraction of sp³-hybridized carbons (Fsp3) is 0.348. The molecule has 30 heavy (non-hydrogen) atoms. The SMILES string of the molecule is Cc1ccccc1C[C@H](NC(=O)[C@H](NC(=O)OCc1ccccc1)C(C)C)C(=O)O. The number of carboxylic acids is 1. The third-order valence-electron chi connectivity index (χ3n) is 4.74. The first-order valence-corrected chi connectivity index (χ1v) is 9.82. The highest BCUT2D eigenvalue weighted by atomic mass is 16.5. The lowest BCUT2D eigenvalue weighted by molar-refractivity contribution is -0.142. The second-order valence-corrected chi connectivity index (χ2v) is 7.46. The third kappa shape index (κ3) is 6.92. The number of rotatable bonds is 9. The number of hydrogen-bond acceptors (Lipinski definition) is 4. The summed E-state index contributed by atoms with van der Waals surface area (Å²) < 4.78 is 5.18. The Labute approximate surface area is 176 Å². The molecule has 0 spiro atoms. The Kier molecular flexibility index (Phi) is 8.41. The molecule has 0 radical (unpaired) electrons. The molecule has 7 nitrogen and oxygen atoms in total. The molecule has 0 bridgehead atoms. The Hall–Kier alpha value is -3.35. The monoisotopic (exact) mass is 412 g/mol. The van der Waals surface area contributed by atoms with E-state index in [9.17, 15) is 19.5 Å². The van der Waals surface area contributed by atoms with Crippen LogP contribution in [0.15, 0.2) is 54.6 Å². The van der Waals surface area contributed by atoms with Gasteiger partial charge in [0.1, 0.15) is 18.7 Å². The molecule has 2 atom stereocenters. The van der Waals surface area contributed by atoms with Gasteiger partial charge in [-0.1, -0.05) is 68.4 Å². The Morgan fingerprint density at radius 1 is 0.967 bits per heavy atom. The summed E-state index contributed by atoms with van der Waals surface area (Å²) in [4.78, 5) is 36.6. The Balaban J connectivity index is 1.99. The van der Waals surface area contributed by atoms with Gasteiger partial charge in [0.2, 0.25) is 5.91 Å². The topological polar surface area (TPSA) is 105 Å². The number of aryl methyl sites for hydroxylation is 1. The van der Waals surface area contributed by atoms with Crippen LogP contribution in [0.3, 0.4) is 0 Å². The second-order valence-electron chi connectivity index (χ2n) is 7.46. The fourth-order valence-corrected chi connectivity index (χ4v) is 2.95. The minimum absolute atomic E-state index is 0.0736. The van der Waals surface area contributed by atoms with Gasteiger partial charge in [-0.05, 0) is 29.5 Å². The molecule has 0 aliphatic heterocycles. The Morgan fingerprint density at radius 2 is 1.60 bits per heavy atom. The summed E-state index contributed by atoms with van der Waals surface area (Å²) in [6, 6.07) is 14.5. The molecule has 0 fully saturated rings. The van der Waals surface area contributed by atoms with Crippen molar-refractivity contribution in [3.8, 4) is 0 Å². The molecule has 2 aromatic carbocycles. The van der Waals surface area contributed by atoms with E-state index in [0.29, 0.717) is 0 Å². The lowest BCUT2D eigenvalue weighted by Crippen LogP contribution is -2.54. The number of ether oxygens (including phenoxy) is 1. The van der Waals surface area contributed by atoms with Crippen LogP contribution in [-0.2, 0) is 27.4 Å². The van der Waals surface area contributed by atoms with Crippen molar-refractivity contribution >= 4 is 18.0 Å². The zero-order valence-corrected chi connectivity index (χ0v) is 17.4. The molecule has 7 heteroatoms. The maximum Gasteiger partial charge on any atom is 0.408 e. The van der Waals surface area contributed by atoms with Gasteiger partial charge < -0.3 is 20.5 Å². The summed E-state index contributed by atoms with van der Waals surface area (Å²) >= 11 is 0. The maximum absolute atomic E-state index is 12.7. The Morgan fingerprint density at radius 3 is 2.20 bits per heavy atom. The van der Waals surface area contributed by atoms with Crippen molar-refractivity contribution in [2.45, 2.75) is 45.9 Å². The number of carboxylic acid groups (broad SMARTS) is 1. The van der Waals surface area contributed by atoms with Crippen LogP contribution in [0.25, 0.3) is 0 Å². The molecule has 3 N–H and O–H groups in total. The zero-order chi connectivity index (χ0) is 22.1. The van der Waals surface area contributed by atoms with Gasteiger partial charge in [-0.3, -0.25) is 4.79 Å². The highest BCUT2D eigenvalue weighted by Gasteiger charge is 2.29. The van der Waals surface area contributed by atoms with Gasteiger partial charge in [0.05, 0.1) is 0 Å². The summed E-state index contributed by atoms with van der Waals surface area (Å²) in [5.41, 5.74) is 2.60. The molecular weight excluding hydrogens is 384 g/mol. The summed E-state index contributed by atoms with van der Waals surface area (Å²) in [6.45, 7) is 5.49. The van der Waals surface area contributed by atoms with Gasteiger partial charge in [0.15, 0.2) is 0 Å². The van der Waals surface area contributed by atoms with Crippen LogP contribution in [0.4, 0.5) is 4.79 Å². The summed E-state index contributed by atoms with van der Waals surface area (Å²) in [7, 11) is 0. The standard InChI is InChI=1S/C23H28N2O5/c1-15(2)20(25-23(29)30-14-17-10-5-4-6-11-17)21(26)24-19(22(27)28)13-18-12-8-7-9-16(18)3/h4-12,15,19-20H,13-14H2,1-3H3,(H,24,26)(H,25,29)(H,27,28)/t19-,20+/m0/s1. The van der Waals surface area contributed by atoms with Crippen LogP contribution in [0.1, 0.15) is 30.5 Å². The molecule has 0 heterocycles. The molecule has 0 aliphatic carbocycles. The maximum atomic E-state index is 12.7. The molecular formula is C23H28N2O5. The van der Waals surface area contributed by atoms with Crippen molar-refractivity contribution in [1.29, 1.82) is 0 Å². The molecule has 2 rings (SSSR count). The van der Waals surface area contributed by atoms with Crippen LogP contribution in [0.2, 0.25) is 0 Å². The number of hydrogen-bond donors (Lipinski definition) is 3. The van der Waals surface area contributed by atoms with E-state index in [-0.39, 0.29) is 18.9 Å². The van der Waals surface area contributed by atoms with E-state index in [1.54, 1.807) is 13.8 Å². The lowest BCUT2D eigenvalue weighted by Gasteiger charge is -2.24. The third-order valence-corrected chi connectivity index (χ3v) is 4.74. The number of carbonyl (C=O) groups excluding carboxylic acids is 2. The smallest absolute Gasteiger partial charge is 0.408 e. The number of amides is 2. The van der Waals surface area contributed by atoms with Gasteiger partial charge >= 0.3 is 12.1 Å².